The molecule has 1 atom stereocenters. The first-order chi connectivity index (χ1) is 14.7. The zero-order chi connectivity index (χ0) is 20.5. The maximum atomic E-state index is 13.5. The van der Waals surface area contributed by atoms with Crippen molar-refractivity contribution in [3.8, 4) is 0 Å². The molecule has 4 aromatic rings. The number of piperidine rings is 1. The number of nitrogens with zero attached hydrogens (tertiary/aromatic N) is 4. The minimum Gasteiger partial charge on any atom is -0.361 e. The lowest BCUT2D eigenvalue weighted by Crippen LogP contribution is -2.43. The van der Waals surface area contributed by atoms with E-state index in [2.05, 4.69) is 35.1 Å². The van der Waals surface area contributed by atoms with E-state index in [1.54, 1.807) is 12.4 Å². The lowest BCUT2D eigenvalue weighted by molar-refractivity contribution is -0.125. The Morgan fingerprint density at radius 3 is 3.13 bits per heavy atom. The number of carbonyl (C=O) groups is 1. The normalized spacial score (nSPS) is 17.0. The second kappa shape index (κ2) is 7.74. The molecule has 1 fully saturated rings. The Balaban J connectivity index is 1.22. The molecule has 154 valence electrons. The van der Waals surface area contributed by atoms with Crippen LogP contribution in [0.5, 0.6) is 0 Å². The van der Waals surface area contributed by atoms with Crippen molar-refractivity contribution in [3.05, 3.63) is 48.4 Å². The average Bonchev–Trinajstić information content (AvgIpc) is 3.40. The number of hydrogen-bond donors (Lipinski definition) is 3. The summed E-state index contributed by atoms with van der Waals surface area (Å²) in [5.74, 6) is 0.467. The number of anilines is 1. The van der Waals surface area contributed by atoms with Gasteiger partial charge in [0.1, 0.15) is 17.7 Å². The molecule has 3 aromatic heterocycles. The SMILES string of the molecule is O=C(NCCc1c[nH]c2ccc(F)cc12)[C@@H]1CCCN(c2ncnc3nc[nH]c23)C1. The van der Waals surface area contributed by atoms with Gasteiger partial charge in [-0.3, -0.25) is 4.79 Å². The molecule has 0 unspecified atom stereocenters. The topological polar surface area (TPSA) is 103 Å². The molecule has 0 aliphatic carbocycles. The largest absolute Gasteiger partial charge is 0.361 e. The predicted molar refractivity (Wildman–Crippen MR) is 112 cm³/mol. The van der Waals surface area contributed by atoms with Crippen molar-refractivity contribution < 1.29 is 9.18 Å². The molecule has 1 aromatic carbocycles. The van der Waals surface area contributed by atoms with Crippen LogP contribution in [0.25, 0.3) is 22.1 Å². The Morgan fingerprint density at radius 1 is 1.27 bits per heavy atom. The molecule has 3 N–H and O–H groups in total. The Labute approximate surface area is 171 Å². The highest BCUT2D eigenvalue weighted by molar-refractivity contribution is 5.85. The average molecular weight is 407 g/mol. The van der Waals surface area contributed by atoms with E-state index in [0.29, 0.717) is 25.2 Å². The first kappa shape index (κ1) is 18.5. The molecule has 0 bridgehead atoms. The number of rotatable bonds is 5. The van der Waals surface area contributed by atoms with Crippen LogP contribution in [-0.4, -0.2) is 50.5 Å². The van der Waals surface area contributed by atoms with Gasteiger partial charge >= 0.3 is 0 Å². The van der Waals surface area contributed by atoms with Crippen molar-refractivity contribution in [3.63, 3.8) is 0 Å². The highest BCUT2D eigenvalue weighted by Crippen LogP contribution is 2.26. The molecular weight excluding hydrogens is 385 g/mol. The first-order valence-electron chi connectivity index (χ1n) is 10.1. The number of aromatic amines is 2. The predicted octanol–water partition coefficient (Wildman–Crippen LogP) is 2.55. The standard InChI is InChI=1S/C21H22FN7O/c22-15-3-4-17-16(8-15)13(9-24-17)5-6-23-21(30)14-2-1-7-29(10-14)20-18-19(26-11-25-18)27-12-28-20/h3-4,8-9,11-12,14,24H,1-2,5-7,10H2,(H,23,30)(H,25,26,27,28)/t14-/m1/s1. The molecule has 4 heterocycles. The fourth-order valence-electron chi connectivity index (χ4n) is 4.20. The Morgan fingerprint density at radius 2 is 2.20 bits per heavy atom. The number of aromatic nitrogens is 5. The van der Waals surface area contributed by atoms with Crippen LogP contribution in [0, 0.1) is 11.7 Å². The molecule has 0 spiro atoms. The van der Waals surface area contributed by atoms with Gasteiger partial charge in [0.15, 0.2) is 11.5 Å². The van der Waals surface area contributed by atoms with Gasteiger partial charge in [-0.15, -0.1) is 0 Å². The number of nitrogens with one attached hydrogen (secondary N) is 3. The number of carbonyl (C=O) groups excluding carboxylic acids is 1. The van der Waals surface area contributed by atoms with Crippen LogP contribution in [0.2, 0.25) is 0 Å². The van der Waals surface area contributed by atoms with Gasteiger partial charge in [0.05, 0.1) is 12.2 Å². The number of fused-ring (bicyclic) bond motifs is 2. The van der Waals surface area contributed by atoms with Crippen LogP contribution < -0.4 is 10.2 Å². The van der Waals surface area contributed by atoms with Gasteiger partial charge in [-0.2, -0.15) is 0 Å². The summed E-state index contributed by atoms with van der Waals surface area (Å²) in [6.07, 6.45) is 7.40. The molecule has 0 radical (unpaired) electrons. The number of benzene rings is 1. The van der Waals surface area contributed by atoms with E-state index >= 15 is 0 Å². The number of halogens is 1. The molecule has 30 heavy (non-hydrogen) atoms. The van der Waals surface area contributed by atoms with Crippen LogP contribution >= 0.6 is 0 Å². The lowest BCUT2D eigenvalue weighted by atomic mass is 9.97. The summed E-state index contributed by atoms with van der Waals surface area (Å²) in [7, 11) is 0. The van der Waals surface area contributed by atoms with Gasteiger partial charge in [0.2, 0.25) is 5.91 Å². The third kappa shape index (κ3) is 3.47. The molecule has 1 aliphatic heterocycles. The lowest BCUT2D eigenvalue weighted by Gasteiger charge is -2.32. The summed E-state index contributed by atoms with van der Waals surface area (Å²) in [6, 6.07) is 4.70. The quantitative estimate of drug-likeness (QED) is 0.472. The summed E-state index contributed by atoms with van der Waals surface area (Å²) in [4.78, 5) is 33.9. The van der Waals surface area contributed by atoms with Crippen molar-refractivity contribution in [2.24, 2.45) is 5.92 Å². The first-order valence-corrected chi connectivity index (χ1v) is 10.1. The molecule has 0 saturated carbocycles. The van der Waals surface area contributed by atoms with E-state index in [-0.39, 0.29) is 17.6 Å². The number of H-pyrrole nitrogens is 2. The van der Waals surface area contributed by atoms with Crippen molar-refractivity contribution in [2.75, 3.05) is 24.5 Å². The van der Waals surface area contributed by atoms with Crippen LogP contribution in [0.15, 0.2) is 37.1 Å². The summed E-state index contributed by atoms with van der Waals surface area (Å²) in [5, 5.41) is 3.91. The Bertz CT molecular complexity index is 1200. The number of hydrogen-bond acceptors (Lipinski definition) is 5. The Kier molecular flexibility index (Phi) is 4.78. The van der Waals surface area contributed by atoms with E-state index in [1.165, 1.54) is 18.5 Å². The monoisotopic (exact) mass is 407 g/mol. The maximum Gasteiger partial charge on any atom is 0.224 e. The van der Waals surface area contributed by atoms with Crippen molar-refractivity contribution in [1.82, 2.24) is 30.2 Å². The second-order valence-corrected chi connectivity index (χ2v) is 7.63. The van der Waals surface area contributed by atoms with E-state index in [1.807, 2.05) is 6.20 Å². The molecular formula is C21H22FN7O. The Hall–Kier alpha value is -3.49. The molecule has 5 rings (SSSR count). The van der Waals surface area contributed by atoms with Crippen LogP contribution in [-0.2, 0) is 11.2 Å². The van der Waals surface area contributed by atoms with Crippen LogP contribution in [0.4, 0.5) is 10.2 Å². The van der Waals surface area contributed by atoms with E-state index in [4.69, 9.17) is 0 Å². The zero-order valence-electron chi connectivity index (χ0n) is 16.4. The van der Waals surface area contributed by atoms with Crippen LogP contribution in [0.3, 0.4) is 0 Å². The van der Waals surface area contributed by atoms with Crippen molar-refractivity contribution >= 4 is 33.8 Å². The van der Waals surface area contributed by atoms with Gasteiger partial charge in [0, 0.05) is 36.7 Å². The zero-order valence-corrected chi connectivity index (χ0v) is 16.4. The van der Waals surface area contributed by atoms with Gasteiger partial charge in [-0.25, -0.2) is 19.3 Å². The van der Waals surface area contributed by atoms with E-state index in [9.17, 15) is 9.18 Å². The second-order valence-electron chi connectivity index (χ2n) is 7.63. The molecule has 8 nitrogen and oxygen atoms in total. The minimum absolute atomic E-state index is 0.0423. The highest BCUT2D eigenvalue weighted by Gasteiger charge is 2.27. The summed E-state index contributed by atoms with van der Waals surface area (Å²) < 4.78 is 13.5. The maximum absolute atomic E-state index is 13.5. The highest BCUT2D eigenvalue weighted by atomic mass is 19.1. The smallest absolute Gasteiger partial charge is 0.224 e. The molecule has 1 amide bonds. The molecule has 1 saturated heterocycles. The summed E-state index contributed by atoms with van der Waals surface area (Å²) >= 11 is 0. The fraction of sp³-hybridized carbons (Fsp3) is 0.333. The third-order valence-electron chi connectivity index (χ3n) is 5.72. The van der Waals surface area contributed by atoms with Gasteiger partial charge in [-0.05, 0) is 43.0 Å². The molecule has 1 aliphatic rings. The fourth-order valence-corrected chi connectivity index (χ4v) is 4.20. The summed E-state index contributed by atoms with van der Waals surface area (Å²) in [5.41, 5.74) is 3.32. The van der Waals surface area contributed by atoms with Gasteiger partial charge < -0.3 is 20.2 Å². The third-order valence-corrected chi connectivity index (χ3v) is 5.72. The van der Waals surface area contributed by atoms with Crippen LogP contribution in [0.1, 0.15) is 18.4 Å². The van der Waals surface area contributed by atoms with E-state index < -0.39 is 0 Å². The number of amides is 1. The van der Waals surface area contributed by atoms with Gasteiger partial charge in [0.25, 0.3) is 0 Å². The minimum atomic E-state index is -0.259. The van der Waals surface area contributed by atoms with Crippen molar-refractivity contribution in [1.29, 1.82) is 0 Å². The van der Waals surface area contributed by atoms with Gasteiger partial charge in [-0.1, -0.05) is 0 Å². The number of imidazole rings is 1. The van der Waals surface area contributed by atoms with Crippen molar-refractivity contribution in [2.45, 2.75) is 19.3 Å². The summed E-state index contributed by atoms with van der Waals surface area (Å²) in [6.45, 7) is 1.96. The molecule has 9 heteroatoms. The van der Waals surface area contributed by atoms with E-state index in [0.717, 1.165) is 47.2 Å².